The normalized spacial score (nSPS) is 11.9. The zero-order valence-corrected chi connectivity index (χ0v) is 13.5. The van der Waals surface area contributed by atoms with Gasteiger partial charge in [0.1, 0.15) is 11.4 Å². The molecule has 0 saturated carbocycles. The van der Waals surface area contributed by atoms with Crippen LogP contribution in [0, 0.1) is 10.1 Å². The van der Waals surface area contributed by atoms with Gasteiger partial charge in [-0.1, -0.05) is 12.1 Å². The summed E-state index contributed by atoms with van der Waals surface area (Å²) in [7, 11) is 0. The van der Waals surface area contributed by atoms with Crippen LogP contribution in [0.15, 0.2) is 42.5 Å². The summed E-state index contributed by atoms with van der Waals surface area (Å²) in [6.45, 7) is 0.201. The van der Waals surface area contributed by atoms with Gasteiger partial charge in [-0.2, -0.15) is 8.78 Å². The number of rotatable bonds is 7. The third-order valence-electron chi connectivity index (χ3n) is 3.58. The maximum atomic E-state index is 12.2. The van der Waals surface area contributed by atoms with Crippen molar-refractivity contribution in [3.63, 3.8) is 0 Å². The fraction of sp³-hybridized carbons (Fsp3) is 0.235. The van der Waals surface area contributed by atoms with Gasteiger partial charge in [-0.25, -0.2) is 0 Å². The number of nitro groups is 1. The van der Waals surface area contributed by atoms with Crippen LogP contribution in [0.3, 0.4) is 0 Å². The first-order chi connectivity index (χ1) is 11.8. The zero-order chi connectivity index (χ0) is 18.6. The number of carbonyl (C=O) groups excluding carboxylic acids is 1. The number of hydrogen-bond donors (Lipinski definition) is 1. The van der Waals surface area contributed by atoms with Gasteiger partial charge in [0.25, 0.3) is 5.69 Å². The second-order valence-corrected chi connectivity index (χ2v) is 5.36. The number of halogens is 2. The van der Waals surface area contributed by atoms with Crippen LogP contribution in [0.5, 0.6) is 5.75 Å². The highest BCUT2D eigenvalue weighted by molar-refractivity contribution is 5.95. The minimum absolute atomic E-state index is 0.0303. The average Bonchev–Trinajstić information content (AvgIpc) is 2.54. The van der Waals surface area contributed by atoms with Crippen molar-refractivity contribution in [1.29, 1.82) is 0 Å². The molecule has 1 atom stereocenters. The Morgan fingerprint density at radius 1 is 1.20 bits per heavy atom. The minimum Gasteiger partial charge on any atom is -0.435 e. The van der Waals surface area contributed by atoms with Crippen LogP contribution in [0.1, 0.15) is 35.8 Å². The highest BCUT2D eigenvalue weighted by Gasteiger charge is 2.18. The summed E-state index contributed by atoms with van der Waals surface area (Å²) in [5.41, 5.74) is 1.03. The second-order valence-electron chi connectivity index (χ2n) is 5.36. The van der Waals surface area contributed by atoms with Crippen molar-refractivity contribution in [3.8, 4) is 5.75 Å². The van der Waals surface area contributed by atoms with Gasteiger partial charge < -0.3 is 10.1 Å². The first kappa shape index (κ1) is 18.3. The summed E-state index contributed by atoms with van der Waals surface area (Å²) < 4.78 is 28.6. The molecule has 0 fully saturated rings. The Morgan fingerprint density at radius 2 is 1.84 bits per heavy atom. The molecule has 0 heterocycles. The topological polar surface area (TPSA) is 81.5 Å². The molecule has 0 saturated heterocycles. The molecule has 0 aliphatic heterocycles. The molecule has 2 aromatic carbocycles. The predicted octanol–water partition coefficient (Wildman–Crippen LogP) is 4.57. The number of nitrogens with one attached hydrogen (secondary N) is 1. The number of hydrogen-bond acceptors (Lipinski definition) is 5. The zero-order valence-electron chi connectivity index (χ0n) is 13.5. The number of benzene rings is 2. The number of nitro benzene ring substituents is 1. The number of alkyl halides is 2. The summed E-state index contributed by atoms with van der Waals surface area (Å²) in [4.78, 5) is 22.0. The molecule has 0 unspecified atom stereocenters. The number of carbonyl (C=O) groups is 1. The van der Waals surface area contributed by atoms with Gasteiger partial charge in [0.05, 0.1) is 4.92 Å². The summed E-state index contributed by atoms with van der Waals surface area (Å²) in [6.07, 6.45) is 0. The molecule has 0 amide bonds. The van der Waals surface area contributed by atoms with Crippen LogP contribution in [0.25, 0.3) is 0 Å². The minimum atomic E-state index is -2.90. The summed E-state index contributed by atoms with van der Waals surface area (Å²) in [6, 6.07) is 9.83. The Bertz CT molecular complexity index is 779. The lowest BCUT2D eigenvalue weighted by molar-refractivity contribution is -0.384. The van der Waals surface area contributed by atoms with Gasteiger partial charge in [-0.15, -0.1) is 0 Å². The van der Waals surface area contributed by atoms with Crippen LogP contribution >= 0.6 is 0 Å². The molecule has 0 aromatic heterocycles. The van der Waals surface area contributed by atoms with Crippen LogP contribution in [0.4, 0.5) is 20.2 Å². The number of ether oxygens (including phenoxy) is 1. The SMILES string of the molecule is CC(=O)c1ccc(N[C@H](C)c2ccc(OC(F)F)cc2)c([N+](=O)[O-])c1. The third kappa shape index (κ3) is 4.72. The van der Waals surface area contributed by atoms with E-state index in [2.05, 4.69) is 10.1 Å². The summed E-state index contributed by atoms with van der Waals surface area (Å²) in [5.74, 6) is -0.236. The monoisotopic (exact) mass is 350 g/mol. The quantitative estimate of drug-likeness (QED) is 0.449. The van der Waals surface area contributed by atoms with Crippen LogP contribution in [-0.4, -0.2) is 17.3 Å². The second kappa shape index (κ2) is 7.69. The molecule has 2 rings (SSSR count). The van der Waals surface area contributed by atoms with E-state index in [-0.39, 0.29) is 34.5 Å². The fourth-order valence-corrected chi connectivity index (χ4v) is 2.28. The standard InChI is InChI=1S/C17H16F2N2O4/c1-10(12-3-6-14(7-4-12)25-17(18)19)20-15-8-5-13(11(2)22)9-16(15)21(23)24/h3-10,17,20H,1-2H3/t10-/m1/s1. The van der Waals surface area contributed by atoms with E-state index in [1.807, 2.05) is 0 Å². The highest BCUT2D eigenvalue weighted by atomic mass is 19.3. The summed E-state index contributed by atoms with van der Waals surface area (Å²) >= 11 is 0. The number of Topliss-reactive ketones (excluding diaryl/α,β-unsaturated/α-hetero) is 1. The van der Waals surface area contributed by atoms with Crippen molar-refractivity contribution in [1.82, 2.24) is 0 Å². The van der Waals surface area contributed by atoms with Gasteiger partial charge in [0.2, 0.25) is 0 Å². The first-order valence-electron chi connectivity index (χ1n) is 7.38. The van der Waals surface area contributed by atoms with Crippen molar-refractivity contribution in [3.05, 3.63) is 63.7 Å². The van der Waals surface area contributed by atoms with E-state index in [1.165, 1.54) is 37.3 Å². The van der Waals surface area contributed by atoms with Crippen LogP contribution in [-0.2, 0) is 0 Å². The predicted molar refractivity (Wildman–Crippen MR) is 88.2 cm³/mol. The maximum Gasteiger partial charge on any atom is 0.387 e. The lowest BCUT2D eigenvalue weighted by Crippen LogP contribution is -2.09. The van der Waals surface area contributed by atoms with E-state index in [0.717, 1.165) is 5.56 Å². The maximum absolute atomic E-state index is 12.2. The van der Waals surface area contributed by atoms with Gasteiger partial charge >= 0.3 is 6.61 Å². The fourth-order valence-electron chi connectivity index (χ4n) is 2.28. The molecule has 2 aromatic rings. The Balaban J connectivity index is 2.20. The van der Waals surface area contributed by atoms with E-state index in [9.17, 15) is 23.7 Å². The van der Waals surface area contributed by atoms with E-state index in [0.29, 0.717) is 0 Å². The molecule has 0 spiro atoms. The van der Waals surface area contributed by atoms with E-state index in [4.69, 9.17) is 0 Å². The molecule has 25 heavy (non-hydrogen) atoms. The smallest absolute Gasteiger partial charge is 0.387 e. The van der Waals surface area contributed by atoms with Gasteiger partial charge in [-0.3, -0.25) is 14.9 Å². The Labute approximate surface area is 142 Å². The third-order valence-corrected chi connectivity index (χ3v) is 3.58. The van der Waals surface area contributed by atoms with Crippen molar-refractivity contribution in [2.24, 2.45) is 0 Å². The molecule has 0 aliphatic rings. The molecule has 6 nitrogen and oxygen atoms in total. The van der Waals surface area contributed by atoms with Crippen molar-refractivity contribution in [2.45, 2.75) is 26.5 Å². The van der Waals surface area contributed by atoms with Gasteiger partial charge in [-0.05, 0) is 43.7 Å². The Hall–Kier alpha value is -3.03. The number of nitrogens with zero attached hydrogens (tertiary/aromatic N) is 1. The van der Waals surface area contributed by atoms with Crippen molar-refractivity contribution >= 4 is 17.2 Å². The first-order valence-corrected chi connectivity index (χ1v) is 7.38. The lowest BCUT2D eigenvalue weighted by Gasteiger charge is -2.16. The lowest BCUT2D eigenvalue weighted by atomic mass is 10.1. The van der Waals surface area contributed by atoms with E-state index >= 15 is 0 Å². The molecule has 0 aliphatic carbocycles. The highest BCUT2D eigenvalue weighted by Crippen LogP contribution is 2.30. The van der Waals surface area contributed by atoms with E-state index < -0.39 is 11.5 Å². The number of ketones is 1. The molecule has 0 radical (unpaired) electrons. The summed E-state index contributed by atoms with van der Waals surface area (Å²) in [5, 5.41) is 14.2. The van der Waals surface area contributed by atoms with Crippen molar-refractivity contribution in [2.75, 3.05) is 5.32 Å². The largest absolute Gasteiger partial charge is 0.435 e. The van der Waals surface area contributed by atoms with Crippen LogP contribution < -0.4 is 10.1 Å². The molecular formula is C17H16F2N2O4. The van der Waals surface area contributed by atoms with Gasteiger partial charge in [0, 0.05) is 17.7 Å². The molecule has 0 bridgehead atoms. The van der Waals surface area contributed by atoms with Gasteiger partial charge in [0.15, 0.2) is 5.78 Å². The molecular weight excluding hydrogens is 334 g/mol. The van der Waals surface area contributed by atoms with Crippen LogP contribution in [0.2, 0.25) is 0 Å². The molecule has 132 valence electrons. The Morgan fingerprint density at radius 3 is 2.36 bits per heavy atom. The van der Waals surface area contributed by atoms with Crippen molar-refractivity contribution < 1.29 is 23.2 Å². The molecule has 1 N–H and O–H groups in total. The van der Waals surface area contributed by atoms with E-state index in [1.54, 1.807) is 19.1 Å². The Kier molecular flexibility index (Phi) is 5.63. The number of anilines is 1. The molecule has 8 heteroatoms. The average molecular weight is 350 g/mol.